The summed E-state index contributed by atoms with van der Waals surface area (Å²) in [6.45, 7) is 4.73. The van der Waals surface area contributed by atoms with Crippen molar-refractivity contribution < 1.29 is 49.9 Å². The first-order valence-electron chi connectivity index (χ1n) is 12.2. The summed E-state index contributed by atoms with van der Waals surface area (Å²) in [5.41, 5.74) is -0.853. The van der Waals surface area contributed by atoms with Crippen LogP contribution in [0.15, 0.2) is 45.8 Å². The number of carbonyl (C=O) groups excluding carboxylic acids is 2. The summed E-state index contributed by atoms with van der Waals surface area (Å²) < 4.78 is 96.9. The smallest absolute Gasteiger partial charge is 0.444 e. The number of nitrogens with one attached hydrogen (secondary N) is 1. The predicted molar refractivity (Wildman–Crippen MR) is 137 cm³/mol. The van der Waals surface area contributed by atoms with Gasteiger partial charge >= 0.3 is 24.0 Å². The third kappa shape index (κ3) is 6.48. The highest BCUT2D eigenvalue weighted by atomic mass is 32.2. The normalized spacial score (nSPS) is 17.3. The van der Waals surface area contributed by atoms with Crippen LogP contribution in [0.1, 0.15) is 32.2 Å². The number of carbonyl (C=O) groups is 2. The van der Waals surface area contributed by atoms with E-state index in [0.29, 0.717) is 12.7 Å². The predicted octanol–water partition coefficient (Wildman–Crippen LogP) is 5.88. The molecule has 1 aliphatic rings. The summed E-state index contributed by atoms with van der Waals surface area (Å²) in [6, 6.07) is 6.09. The Morgan fingerprint density at radius 2 is 1.81 bits per heavy atom. The molecule has 226 valence electrons. The minimum absolute atomic E-state index is 0.0417. The molecule has 2 heterocycles. The molecule has 1 aromatic heterocycles. The molecule has 9 nitrogen and oxygen atoms in total. The topological polar surface area (TPSA) is 107 Å². The van der Waals surface area contributed by atoms with Crippen LogP contribution in [0.3, 0.4) is 0 Å². The molecular weight excluding hydrogens is 594 g/mol. The number of thioether (sulfide) groups is 1. The number of aromatic nitrogens is 2. The molecule has 1 aliphatic heterocycles. The lowest BCUT2D eigenvalue weighted by Crippen LogP contribution is -2.50. The first kappa shape index (κ1) is 31.2. The monoisotopic (exact) mass is 618 g/mol. The van der Waals surface area contributed by atoms with Gasteiger partial charge in [-0.05, 0) is 50.6 Å². The Kier molecular flexibility index (Phi) is 8.51. The van der Waals surface area contributed by atoms with Crippen molar-refractivity contribution in [1.82, 2.24) is 15.5 Å². The second kappa shape index (κ2) is 11.5. The molecule has 0 saturated heterocycles. The number of amides is 2. The fraction of sp³-hybridized carbons (Fsp3) is 0.385. The van der Waals surface area contributed by atoms with Crippen molar-refractivity contribution in [2.45, 2.75) is 55.9 Å². The molecule has 3 aromatic rings. The highest BCUT2D eigenvalue weighted by Crippen LogP contribution is 2.44. The maximum atomic E-state index is 15.3. The van der Waals surface area contributed by atoms with Crippen molar-refractivity contribution in [2.24, 2.45) is 0 Å². The lowest BCUT2D eigenvalue weighted by Gasteiger charge is -2.27. The summed E-state index contributed by atoms with van der Waals surface area (Å²) in [5, 5.41) is 5.80. The zero-order chi connectivity index (χ0) is 31.0. The first-order chi connectivity index (χ1) is 19.5. The number of ether oxygens (including phenoxy) is 2. The summed E-state index contributed by atoms with van der Waals surface area (Å²) >= 11 is 1.01. The molecule has 0 bridgehead atoms. The number of hydrogen-bond acceptors (Lipinski definition) is 8. The Bertz CT molecular complexity index is 1480. The van der Waals surface area contributed by atoms with E-state index in [9.17, 15) is 31.5 Å². The molecule has 0 aliphatic carbocycles. The van der Waals surface area contributed by atoms with Crippen molar-refractivity contribution in [3.8, 4) is 11.4 Å². The highest BCUT2D eigenvalue weighted by Gasteiger charge is 2.63. The zero-order valence-corrected chi connectivity index (χ0v) is 23.3. The van der Waals surface area contributed by atoms with Crippen LogP contribution in [0, 0.1) is 11.6 Å². The highest BCUT2D eigenvalue weighted by molar-refractivity contribution is 7.99. The van der Waals surface area contributed by atoms with Crippen molar-refractivity contribution in [3.63, 3.8) is 0 Å². The molecule has 0 radical (unpaired) electrons. The Hall–Kier alpha value is -3.79. The Balaban J connectivity index is 1.76. The maximum absolute atomic E-state index is 15.3. The van der Waals surface area contributed by atoms with Gasteiger partial charge in [0.05, 0.1) is 17.8 Å². The molecule has 0 fully saturated rings. The largest absolute Gasteiger partial charge is 0.458 e. The van der Waals surface area contributed by atoms with Gasteiger partial charge in [-0.3, -0.25) is 4.79 Å². The molecule has 0 saturated carbocycles. The van der Waals surface area contributed by atoms with E-state index in [1.54, 1.807) is 20.8 Å². The molecule has 4 rings (SSSR count). The number of alkyl halides is 4. The van der Waals surface area contributed by atoms with Gasteiger partial charge in [0.1, 0.15) is 23.3 Å². The minimum Gasteiger partial charge on any atom is -0.444 e. The number of fused-ring (bicyclic) bond motifs is 1. The fourth-order valence-corrected chi connectivity index (χ4v) is 4.95. The fourth-order valence-electron chi connectivity index (χ4n) is 3.87. The van der Waals surface area contributed by atoms with Crippen molar-refractivity contribution in [2.75, 3.05) is 17.8 Å². The third-order valence-corrected chi connectivity index (χ3v) is 6.98. The number of hydrogen-bond donors (Lipinski definition) is 1. The number of anilines is 1. The van der Waals surface area contributed by atoms with Crippen LogP contribution in [-0.2, 0) is 26.7 Å². The van der Waals surface area contributed by atoms with Crippen molar-refractivity contribution >= 4 is 29.4 Å². The van der Waals surface area contributed by atoms with Crippen LogP contribution in [-0.4, -0.2) is 52.8 Å². The summed E-state index contributed by atoms with van der Waals surface area (Å²) in [4.78, 5) is 31.0. The second-order valence-electron chi connectivity index (χ2n) is 10.1. The van der Waals surface area contributed by atoms with Crippen LogP contribution < -0.4 is 10.2 Å². The standard InChI is InChI=1S/C26H24F6N4O5S/c1-24(2,3)40-23(38)33-17-12-42-19-10-16(28)15(20-34-22(41-35-20)25(29,39-4)26(30,31)32)9-18(19)36(21(17)37)11-13-5-7-14(27)8-6-13/h5-10,17H,11-12H2,1-4H3,(H,33,38)/t17-,25?/m0/s1. The van der Waals surface area contributed by atoms with Crippen LogP contribution >= 0.6 is 11.8 Å². The summed E-state index contributed by atoms with van der Waals surface area (Å²) in [5.74, 6) is -9.06. The van der Waals surface area contributed by atoms with Gasteiger partial charge in [-0.15, -0.1) is 11.8 Å². The summed E-state index contributed by atoms with van der Waals surface area (Å²) in [6.07, 6.45) is -6.47. The third-order valence-electron chi connectivity index (χ3n) is 5.84. The Morgan fingerprint density at radius 3 is 2.40 bits per heavy atom. The molecule has 2 aromatic carbocycles. The maximum Gasteiger partial charge on any atom is 0.458 e. The van der Waals surface area contributed by atoms with Gasteiger partial charge in [-0.1, -0.05) is 17.3 Å². The average Bonchev–Trinajstić information content (AvgIpc) is 3.35. The lowest BCUT2D eigenvalue weighted by atomic mass is 10.1. The van der Waals surface area contributed by atoms with E-state index < -0.39 is 64.6 Å². The van der Waals surface area contributed by atoms with Crippen LogP contribution in [0.2, 0.25) is 0 Å². The molecule has 2 amide bonds. The molecule has 2 atom stereocenters. The van der Waals surface area contributed by atoms with Gasteiger partial charge in [0.15, 0.2) is 0 Å². The van der Waals surface area contributed by atoms with E-state index in [4.69, 9.17) is 4.74 Å². The quantitative estimate of drug-likeness (QED) is 0.342. The Labute approximate surface area is 239 Å². The Morgan fingerprint density at radius 1 is 1.14 bits per heavy atom. The number of methoxy groups -OCH3 is 1. The lowest BCUT2D eigenvalue weighted by molar-refractivity contribution is -0.342. The zero-order valence-electron chi connectivity index (χ0n) is 22.5. The molecule has 16 heteroatoms. The van der Waals surface area contributed by atoms with E-state index >= 15 is 4.39 Å². The van der Waals surface area contributed by atoms with Gasteiger partial charge in [-0.25, -0.2) is 13.6 Å². The number of nitrogens with zero attached hydrogens (tertiary/aromatic N) is 3. The number of benzene rings is 2. The van der Waals surface area contributed by atoms with E-state index in [1.165, 1.54) is 29.2 Å². The number of rotatable bonds is 6. The van der Waals surface area contributed by atoms with Crippen molar-refractivity contribution in [1.29, 1.82) is 0 Å². The van der Waals surface area contributed by atoms with Gasteiger partial charge in [0, 0.05) is 17.8 Å². The molecule has 42 heavy (non-hydrogen) atoms. The van der Waals surface area contributed by atoms with E-state index in [-0.39, 0.29) is 22.9 Å². The number of alkyl carbamates (subject to hydrolysis) is 1. The molecule has 1 unspecified atom stereocenters. The number of halogens is 6. The molecular formula is C26H24F6N4O5S. The first-order valence-corrected chi connectivity index (χ1v) is 13.2. The SMILES string of the molecule is COC(F)(c1nc(-c2cc3c(cc2F)SC[C@H](NC(=O)OC(C)(C)C)C(=O)N3Cc2ccc(F)cc2)no1)C(F)(F)F. The van der Waals surface area contributed by atoms with Gasteiger partial charge in [0.25, 0.3) is 5.91 Å². The average molecular weight is 619 g/mol. The van der Waals surface area contributed by atoms with Gasteiger partial charge in [0.2, 0.25) is 5.82 Å². The van der Waals surface area contributed by atoms with E-state index in [1.807, 2.05) is 0 Å². The van der Waals surface area contributed by atoms with E-state index in [2.05, 4.69) is 24.7 Å². The minimum atomic E-state index is -5.59. The summed E-state index contributed by atoms with van der Waals surface area (Å²) in [7, 11) is 0.443. The van der Waals surface area contributed by atoms with Gasteiger partial charge in [-0.2, -0.15) is 22.5 Å². The van der Waals surface area contributed by atoms with Gasteiger partial charge < -0.3 is 24.2 Å². The van der Waals surface area contributed by atoms with Crippen LogP contribution in [0.25, 0.3) is 11.4 Å². The molecule has 0 spiro atoms. The molecule has 1 N–H and O–H groups in total. The van der Waals surface area contributed by atoms with Crippen LogP contribution in [0.4, 0.5) is 36.8 Å². The van der Waals surface area contributed by atoms with E-state index in [0.717, 1.165) is 23.9 Å². The van der Waals surface area contributed by atoms with Crippen molar-refractivity contribution in [3.05, 3.63) is 59.5 Å². The second-order valence-corrected chi connectivity index (χ2v) is 11.1. The van der Waals surface area contributed by atoms with Crippen LogP contribution in [0.5, 0.6) is 0 Å².